The van der Waals surface area contributed by atoms with E-state index in [1.807, 2.05) is 13.8 Å². The normalized spacial score (nSPS) is 21.1. The zero-order valence-corrected chi connectivity index (χ0v) is 13.4. The summed E-state index contributed by atoms with van der Waals surface area (Å²) >= 11 is 0. The Morgan fingerprint density at radius 3 is 2.87 bits per heavy atom. The Morgan fingerprint density at radius 2 is 2.17 bits per heavy atom. The second-order valence-electron chi connectivity index (χ2n) is 5.79. The van der Waals surface area contributed by atoms with Crippen LogP contribution < -0.4 is 5.73 Å². The molecule has 124 valence electrons. The van der Waals surface area contributed by atoms with Gasteiger partial charge in [-0.1, -0.05) is 0 Å². The average molecular weight is 318 g/mol. The minimum atomic E-state index is -0.498. The van der Waals surface area contributed by atoms with Crippen molar-refractivity contribution in [3.63, 3.8) is 0 Å². The fourth-order valence-electron chi connectivity index (χ4n) is 3.19. The van der Waals surface area contributed by atoms with Crippen molar-refractivity contribution in [2.45, 2.75) is 32.4 Å². The van der Waals surface area contributed by atoms with Gasteiger partial charge in [0.15, 0.2) is 5.65 Å². The second kappa shape index (κ2) is 6.04. The van der Waals surface area contributed by atoms with Gasteiger partial charge in [0.1, 0.15) is 11.6 Å². The first-order valence-corrected chi connectivity index (χ1v) is 7.92. The molecule has 0 radical (unpaired) electrons. The predicted octanol–water partition coefficient (Wildman–Crippen LogP) is 0.0726. The van der Waals surface area contributed by atoms with Crippen LogP contribution in [0.15, 0.2) is 18.6 Å². The molecule has 0 unspecified atom stereocenters. The lowest BCUT2D eigenvalue weighted by molar-refractivity contribution is -0.134. The molecule has 8 heteroatoms. The standard InChI is InChI=1S/C15H22N6O2/c1-3-19(4-2)15(23)12-7-10(16)9-20(12)14(22)11-8-18-21-6-5-17-13(11)21/h5-6,8,10,12,18H,3-4,7,9,16H2,1-2H3/t10-,12-/m0/s1. The summed E-state index contributed by atoms with van der Waals surface area (Å²) in [5.74, 6) is -0.243. The summed E-state index contributed by atoms with van der Waals surface area (Å²) in [5.41, 5.74) is 7.05. The van der Waals surface area contributed by atoms with Crippen molar-refractivity contribution in [1.82, 2.24) is 24.4 Å². The van der Waals surface area contributed by atoms with Crippen LogP contribution in [0, 0.1) is 0 Å². The molecule has 1 aliphatic heterocycles. The summed E-state index contributed by atoms with van der Waals surface area (Å²) in [6.07, 6.45) is 5.47. The van der Waals surface area contributed by atoms with Gasteiger partial charge < -0.3 is 15.5 Å². The van der Waals surface area contributed by atoms with Gasteiger partial charge in [-0.2, -0.15) is 0 Å². The Kier molecular flexibility index (Phi) is 4.08. The molecule has 3 N–H and O–H groups in total. The molecule has 8 nitrogen and oxygen atoms in total. The Bertz CT molecular complexity index is 716. The number of fused-ring (bicyclic) bond motifs is 1. The molecular weight excluding hydrogens is 296 g/mol. The third-order valence-electron chi connectivity index (χ3n) is 4.41. The summed E-state index contributed by atoms with van der Waals surface area (Å²) in [5, 5.41) is 2.95. The quantitative estimate of drug-likeness (QED) is 0.833. The first kappa shape index (κ1) is 15.5. The minimum Gasteiger partial charge on any atom is -0.341 e. The van der Waals surface area contributed by atoms with Gasteiger partial charge in [0.2, 0.25) is 5.91 Å². The number of H-pyrrole nitrogens is 1. The molecule has 0 aliphatic carbocycles. The van der Waals surface area contributed by atoms with Crippen LogP contribution in [-0.4, -0.2) is 67.9 Å². The SMILES string of the molecule is CCN(CC)C(=O)[C@@H]1C[C@H](N)CN1C(=O)c1c[nH]n2ccnc12. The number of nitrogens with two attached hydrogens (primary N) is 1. The van der Waals surface area contributed by atoms with Crippen LogP contribution in [0.4, 0.5) is 0 Å². The number of amides is 2. The van der Waals surface area contributed by atoms with E-state index < -0.39 is 6.04 Å². The number of nitrogens with one attached hydrogen (secondary N) is 1. The Labute approximate surface area is 134 Å². The van der Waals surface area contributed by atoms with E-state index in [2.05, 4.69) is 10.1 Å². The van der Waals surface area contributed by atoms with Crippen LogP contribution in [0.3, 0.4) is 0 Å². The number of carbonyl (C=O) groups excluding carboxylic acids is 2. The van der Waals surface area contributed by atoms with Crippen LogP contribution in [0.5, 0.6) is 0 Å². The predicted molar refractivity (Wildman–Crippen MR) is 84.9 cm³/mol. The first-order chi connectivity index (χ1) is 11.1. The van der Waals surface area contributed by atoms with Gasteiger partial charge in [0.25, 0.3) is 5.91 Å². The van der Waals surface area contributed by atoms with Crippen LogP contribution in [-0.2, 0) is 4.79 Å². The number of imidazole rings is 1. The van der Waals surface area contributed by atoms with E-state index in [9.17, 15) is 9.59 Å². The lowest BCUT2D eigenvalue weighted by Crippen LogP contribution is -2.47. The largest absolute Gasteiger partial charge is 0.341 e. The maximum absolute atomic E-state index is 12.9. The molecule has 3 rings (SSSR count). The van der Waals surface area contributed by atoms with Crippen LogP contribution in [0.1, 0.15) is 30.6 Å². The van der Waals surface area contributed by atoms with Crippen LogP contribution in [0.2, 0.25) is 0 Å². The Hall–Kier alpha value is -2.35. The number of aromatic amines is 1. The monoisotopic (exact) mass is 318 g/mol. The summed E-state index contributed by atoms with van der Waals surface area (Å²) in [4.78, 5) is 33.1. The highest BCUT2D eigenvalue weighted by Crippen LogP contribution is 2.23. The maximum atomic E-state index is 12.9. The van der Waals surface area contributed by atoms with E-state index in [-0.39, 0.29) is 17.9 Å². The van der Waals surface area contributed by atoms with Crippen molar-refractivity contribution >= 4 is 17.5 Å². The number of likely N-dealkylation sites (N-methyl/N-ethyl adjacent to an activating group) is 1. The number of hydrogen-bond donors (Lipinski definition) is 2. The van der Waals surface area contributed by atoms with E-state index in [0.29, 0.717) is 37.3 Å². The second-order valence-corrected chi connectivity index (χ2v) is 5.79. The van der Waals surface area contributed by atoms with E-state index in [4.69, 9.17) is 5.73 Å². The average Bonchev–Trinajstić information content (AvgIpc) is 3.22. The third-order valence-corrected chi connectivity index (χ3v) is 4.41. The van der Waals surface area contributed by atoms with Crippen LogP contribution >= 0.6 is 0 Å². The zero-order valence-electron chi connectivity index (χ0n) is 13.4. The van der Waals surface area contributed by atoms with Gasteiger partial charge in [-0.3, -0.25) is 14.7 Å². The summed E-state index contributed by atoms with van der Waals surface area (Å²) < 4.78 is 1.67. The van der Waals surface area contributed by atoms with Gasteiger partial charge in [-0.25, -0.2) is 9.50 Å². The van der Waals surface area contributed by atoms with Crippen molar-refractivity contribution in [2.75, 3.05) is 19.6 Å². The van der Waals surface area contributed by atoms with E-state index >= 15 is 0 Å². The molecule has 1 saturated heterocycles. The summed E-state index contributed by atoms with van der Waals surface area (Å²) in [6, 6.07) is -0.680. The number of nitrogens with zero attached hydrogens (tertiary/aromatic N) is 4. The van der Waals surface area contributed by atoms with Gasteiger partial charge in [-0.05, 0) is 20.3 Å². The molecule has 2 amide bonds. The molecular formula is C15H22N6O2. The highest BCUT2D eigenvalue weighted by atomic mass is 16.2. The molecule has 2 atom stereocenters. The molecule has 2 aromatic rings. The molecule has 0 aromatic carbocycles. The van der Waals surface area contributed by atoms with Crippen molar-refractivity contribution < 1.29 is 9.59 Å². The fraction of sp³-hybridized carbons (Fsp3) is 0.533. The lowest BCUT2D eigenvalue weighted by Gasteiger charge is -2.28. The van der Waals surface area contributed by atoms with Crippen molar-refractivity contribution in [3.05, 3.63) is 24.2 Å². The molecule has 0 bridgehead atoms. The van der Waals surface area contributed by atoms with E-state index in [1.54, 1.807) is 32.9 Å². The molecule has 3 heterocycles. The van der Waals surface area contributed by atoms with Gasteiger partial charge >= 0.3 is 0 Å². The number of aromatic nitrogens is 3. The summed E-state index contributed by atoms with van der Waals surface area (Å²) in [6.45, 7) is 5.50. The Morgan fingerprint density at radius 1 is 1.43 bits per heavy atom. The number of hydrogen-bond acceptors (Lipinski definition) is 4. The van der Waals surface area contributed by atoms with Crippen LogP contribution in [0.25, 0.3) is 5.65 Å². The van der Waals surface area contributed by atoms with Crippen molar-refractivity contribution in [3.8, 4) is 0 Å². The zero-order chi connectivity index (χ0) is 16.6. The number of carbonyl (C=O) groups is 2. The van der Waals surface area contributed by atoms with Gasteiger partial charge in [0, 0.05) is 44.3 Å². The molecule has 23 heavy (non-hydrogen) atoms. The number of likely N-dealkylation sites (tertiary alicyclic amines) is 1. The molecule has 0 saturated carbocycles. The Balaban J connectivity index is 1.89. The van der Waals surface area contributed by atoms with E-state index in [1.165, 1.54) is 0 Å². The molecule has 1 aliphatic rings. The molecule has 0 spiro atoms. The van der Waals surface area contributed by atoms with E-state index in [0.717, 1.165) is 0 Å². The minimum absolute atomic E-state index is 0.0359. The highest BCUT2D eigenvalue weighted by molar-refractivity contribution is 6.02. The van der Waals surface area contributed by atoms with Crippen molar-refractivity contribution in [1.29, 1.82) is 0 Å². The van der Waals surface area contributed by atoms with Gasteiger partial charge in [0.05, 0.1) is 0 Å². The maximum Gasteiger partial charge on any atom is 0.259 e. The summed E-state index contributed by atoms with van der Waals surface area (Å²) in [7, 11) is 0. The fourth-order valence-corrected chi connectivity index (χ4v) is 3.19. The number of rotatable bonds is 4. The smallest absolute Gasteiger partial charge is 0.259 e. The van der Waals surface area contributed by atoms with Gasteiger partial charge in [-0.15, -0.1) is 0 Å². The lowest BCUT2D eigenvalue weighted by atomic mass is 10.1. The molecule has 2 aromatic heterocycles. The molecule has 1 fully saturated rings. The highest BCUT2D eigenvalue weighted by Gasteiger charge is 2.40. The third kappa shape index (κ3) is 2.59. The van der Waals surface area contributed by atoms with Crippen molar-refractivity contribution in [2.24, 2.45) is 5.73 Å². The topological polar surface area (TPSA) is 99.7 Å². The first-order valence-electron chi connectivity index (χ1n) is 7.92.